The van der Waals surface area contributed by atoms with Gasteiger partial charge >= 0.3 is 0 Å². The van der Waals surface area contributed by atoms with E-state index in [1.165, 1.54) is 23.9 Å². The Labute approximate surface area is 193 Å². The number of rotatable bonds is 7. The maximum Gasteiger partial charge on any atom is 0.270 e. The number of non-ortho nitro benzene ring substituents is 1. The van der Waals surface area contributed by atoms with Crippen LogP contribution < -0.4 is 4.74 Å². The molecule has 7 nitrogen and oxygen atoms in total. The number of hydrogen-bond acceptors (Lipinski definition) is 7. The van der Waals surface area contributed by atoms with Crippen LogP contribution in [-0.4, -0.2) is 33.7 Å². The summed E-state index contributed by atoms with van der Waals surface area (Å²) in [4.78, 5) is 25.5. The van der Waals surface area contributed by atoms with Crippen LogP contribution in [-0.2, 0) is 11.2 Å². The van der Waals surface area contributed by atoms with E-state index in [9.17, 15) is 14.9 Å². The predicted octanol–water partition coefficient (Wildman–Crippen LogP) is 5.31. The summed E-state index contributed by atoms with van der Waals surface area (Å²) in [6.45, 7) is 0.478. The highest BCUT2D eigenvalue weighted by atomic mass is 32.2. The Kier molecular flexibility index (Phi) is 6.38. The number of thiocarbonyl (C=S) groups is 1. The van der Waals surface area contributed by atoms with Crippen molar-refractivity contribution in [1.82, 2.24) is 4.90 Å². The van der Waals surface area contributed by atoms with Gasteiger partial charge in [0.25, 0.3) is 11.6 Å². The van der Waals surface area contributed by atoms with Crippen molar-refractivity contribution >= 4 is 46.0 Å². The maximum atomic E-state index is 12.9. The van der Waals surface area contributed by atoms with Crippen molar-refractivity contribution in [3.8, 4) is 17.1 Å². The van der Waals surface area contributed by atoms with E-state index in [4.69, 9.17) is 21.4 Å². The average Bonchev–Trinajstić information content (AvgIpc) is 3.37. The third kappa shape index (κ3) is 4.74. The predicted molar refractivity (Wildman–Crippen MR) is 127 cm³/mol. The van der Waals surface area contributed by atoms with Gasteiger partial charge < -0.3 is 9.15 Å². The second kappa shape index (κ2) is 9.37. The molecule has 0 unspecified atom stereocenters. The summed E-state index contributed by atoms with van der Waals surface area (Å²) in [6, 6.07) is 17.3. The Morgan fingerprint density at radius 3 is 2.69 bits per heavy atom. The number of nitro groups is 1. The smallest absolute Gasteiger partial charge is 0.270 e. The van der Waals surface area contributed by atoms with Crippen LogP contribution in [0, 0.1) is 10.1 Å². The van der Waals surface area contributed by atoms with E-state index in [0.717, 1.165) is 11.3 Å². The van der Waals surface area contributed by atoms with Crippen molar-refractivity contribution < 1.29 is 18.9 Å². The fourth-order valence-corrected chi connectivity index (χ4v) is 4.50. The highest BCUT2D eigenvalue weighted by molar-refractivity contribution is 8.26. The Bertz CT molecular complexity index is 1220. The largest absolute Gasteiger partial charge is 0.497 e. The molecule has 1 aromatic heterocycles. The SMILES string of the molecule is COc1ccc(CCN2C(=O)C(=Cc3ccc(-c4cccc([N+](=O)[O-])c4)o3)SC2=S)cc1. The second-order valence-corrected chi connectivity index (χ2v) is 8.62. The van der Waals surface area contributed by atoms with Crippen molar-refractivity contribution in [2.45, 2.75) is 6.42 Å². The molecule has 4 rings (SSSR count). The first-order valence-electron chi connectivity index (χ1n) is 9.67. The van der Waals surface area contributed by atoms with E-state index in [2.05, 4.69) is 0 Å². The molecule has 0 bridgehead atoms. The normalized spacial score (nSPS) is 14.9. The summed E-state index contributed by atoms with van der Waals surface area (Å²) >= 11 is 6.63. The van der Waals surface area contributed by atoms with Gasteiger partial charge in [0.05, 0.1) is 16.9 Å². The van der Waals surface area contributed by atoms with E-state index in [1.54, 1.807) is 42.4 Å². The van der Waals surface area contributed by atoms with Gasteiger partial charge in [-0.15, -0.1) is 0 Å². The molecule has 9 heteroatoms. The lowest BCUT2D eigenvalue weighted by atomic mass is 10.1. The highest BCUT2D eigenvalue weighted by Crippen LogP contribution is 2.34. The summed E-state index contributed by atoms with van der Waals surface area (Å²) in [7, 11) is 1.62. The molecule has 2 aromatic carbocycles. The highest BCUT2D eigenvalue weighted by Gasteiger charge is 2.32. The minimum atomic E-state index is -0.454. The Balaban J connectivity index is 1.46. The molecule has 0 spiro atoms. The van der Waals surface area contributed by atoms with Crippen LogP contribution in [0.5, 0.6) is 5.75 Å². The second-order valence-electron chi connectivity index (χ2n) is 6.94. The van der Waals surface area contributed by atoms with Crippen LogP contribution >= 0.6 is 24.0 Å². The lowest BCUT2D eigenvalue weighted by Gasteiger charge is -2.14. The van der Waals surface area contributed by atoms with Crippen molar-refractivity contribution in [1.29, 1.82) is 0 Å². The topological polar surface area (TPSA) is 85.8 Å². The zero-order chi connectivity index (χ0) is 22.7. The average molecular weight is 467 g/mol. The van der Waals surface area contributed by atoms with Gasteiger partial charge in [-0.05, 0) is 36.2 Å². The summed E-state index contributed by atoms with van der Waals surface area (Å²) in [5.41, 5.74) is 1.65. The third-order valence-electron chi connectivity index (χ3n) is 4.90. The summed E-state index contributed by atoms with van der Waals surface area (Å²) < 4.78 is 11.5. The molecular weight excluding hydrogens is 448 g/mol. The number of carbonyl (C=O) groups excluding carboxylic acids is 1. The Morgan fingerprint density at radius 2 is 1.97 bits per heavy atom. The Hall–Kier alpha value is -3.43. The number of benzene rings is 2. The molecule has 1 amide bonds. The van der Waals surface area contributed by atoms with E-state index >= 15 is 0 Å². The fraction of sp³-hybridized carbons (Fsp3) is 0.130. The van der Waals surface area contributed by atoms with Crippen LogP contribution in [0.1, 0.15) is 11.3 Å². The van der Waals surface area contributed by atoms with Crippen LogP contribution in [0.2, 0.25) is 0 Å². The fourth-order valence-electron chi connectivity index (χ4n) is 3.21. The van der Waals surface area contributed by atoms with E-state index in [1.807, 2.05) is 24.3 Å². The molecule has 2 heterocycles. The summed E-state index contributed by atoms with van der Waals surface area (Å²) in [5.74, 6) is 1.57. The van der Waals surface area contributed by atoms with Crippen LogP contribution in [0.25, 0.3) is 17.4 Å². The molecule has 1 fully saturated rings. The Morgan fingerprint density at radius 1 is 1.19 bits per heavy atom. The van der Waals surface area contributed by atoms with Gasteiger partial charge in [-0.25, -0.2) is 0 Å². The standard InChI is InChI=1S/C23H18N2O5S2/c1-29-18-7-5-15(6-8-18)11-12-24-22(26)21(32-23(24)31)14-19-9-10-20(30-19)16-3-2-4-17(13-16)25(27)28/h2-10,13-14H,11-12H2,1H3. The van der Waals surface area contributed by atoms with E-state index < -0.39 is 4.92 Å². The molecular formula is C23H18N2O5S2. The molecule has 0 N–H and O–H groups in total. The minimum Gasteiger partial charge on any atom is -0.497 e. The summed E-state index contributed by atoms with van der Waals surface area (Å²) in [5, 5.41) is 11.0. The number of nitro benzene ring substituents is 1. The van der Waals surface area contributed by atoms with Gasteiger partial charge in [0.2, 0.25) is 0 Å². The molecule has 162 valence electrons. The summed E-state index contributed by atoms with van der Waals surface area (Å²) in [6.07, 6.45) is 2.31. The lowest BCUT2D eigenvalue weighted by molar-refractivity contribution is -0.384. The number of ether oxygens (including phenoxy) is 1. The number of hydrogen-bond donors (Lipinski definition) is 0. The zero-order valence-electron chi connectivity index (χ0n) is 17.0. The number of nitrogens with zero attached hydrogens (tertiary/aromatic N) is 2. The first-order valence-corrected chi connectivity index (χ1v) is 10.9. The monoisotopic (exact) mass is 466 g/mol. The first kappa shape index (κ1) is 21.8. The number of amides is 1. The van der Waals surface area contributed by atoms with Gasteiger partial charge in [-0.2, -0.15) is 0 Å². The first-order chi connectivity index (χ1) is 15.4. The van der Waals surface area contributed by atoms with Crippen LogP contribution in [0.15, 0.2) is 70.0 Å². The van der Waals surface area contributed by atoms with Crippen molar-refractivity contribution in [2.75, 3.05) is 13.7 Å². The van der Waals surface area contributed by atoms with Gasteiger partial charge in [-0.1, -0.05) is 48.2 Å². The molecule has 3 aromatic rings. The van der Waals surface area contributed by atoms with Gasteiger partial charge in [0.1, 0.15) is 21.6 Å². The van der Waals surface area contributed by atoms with Gasteiger partial charge in [0.15, 0.2) is 0 Å². The molecule has 0 aliphatic carbocycles. The molecule has 0 saturated carbocycles. The lowest BCUT2D eigenvalue weighted by Crippen LogP contribution is -2.30. The molecule has 1 aliphatic heterocycles. The number of methoxy groups -OCH3 is 1. The van der Waals surface area contributed by atoms with E-state index in [0.29, 0.717) is 39.3 Å². The molecule has 1 aliphatic rings. The van der Waals surface area contributed by atoms with Gasteiger partial charge in [0, 0.05) is 30.3 Å². The maximum absolute atomic E-state index is 12.9. The van der Waals surface area contributed by atoms with Crippen LogP contribution in [0.3, 0.4) is 0 Å². The number of carbonyl (C=O) groups is 1. The molecule has 0 radical (unpaired) electrons. The minimum absolute atomic E-state index is 0.0156. The van der Waals surface area contributed by atoms with Crippen molar-refractivity contribution in [3.05, 3.63) is 87.0 Å². The number of thioether (sulfide) groups is 1. The quantitative estimate of drug-likeness (QED) is 0.202. The van der Waals surface area contributed by atoms with E-state index in [-0.39, 0.29) is 11.6 Å². The molecule has 1 saturated heterocycles. The van der Waals surface area contributed by atoms with Crippen molar-refractivity contribution in [3.63, 3.8) is 0 Å². The third-order valence-corrected chi connectivity index (χ3v) is 6.28. The molecule has 32 heavy (non-hydrogen) atoms. The zero-order valence-corrected chi connectivity index (χ0v) is 18.7. The number of furan rings is 1. The van der Waals surface area contributed by atoms with Gasteiger partial charge in [-0.3, -0.25) is 19.8 Å². The van der Waals surface area contributed by atoms with Crippen LogP contribution in [0.4, 0.5) is 5.69 Å². The molecule has 0 atom stereocenters. The van der Waals surface area contributed by atoms with Crippen molar-refractivity contribution in [2.24, 2.45) is 0 Å².